The van der Waals surface area contributed by atoms with Crippen molar-refractivity contribution in [3.63, 3.8) is 0 Å². The smallest absolute Gasteiger partial charge is 0.344 e. The van der Waals surface area contributed by atoms with Gasteiger partial charge in [0.1, 0.15) is 5.75 Å². The quantitative estimate of drug-likeness (QED) is 0.773. The molecule has 0 aliphatic rings. The van der Waals surface area contributed by atoms with Gasteiger partial charge in [0.2, 0.25) is 0 Å². The maximum absolute atomic E-state index is 11.4. The maximum atomic E-state index is 11.4. The Morgan fingerprint density at radius 3 is 2.50 bits per heavy atom. The summed E-state index contributed by atoms with van der Waals surface area (Å²) in [5.41, 5.74) is 1.07. The lowest BCUT2D eigenvalue weighted by Crippen LogP contribution is -2.19. The average Bonchev–Trinajstić information content (AvgIpc) is 2.26. The lowest BCUT2D eigenvalue weighted by atomic mass is 10.0. The van der Waals surface area contributed by atoms with Crippen molar-refractivity contribution in [2.24, 2.45) is 0 Å². The van der Waals surface area contributed by atoms with Gasteiger partial charge in [0.15, 0.2) is 6.61 Å². The highest BCUT2D eigenvalue weighted by Crippen LogP contribution is 2.29. The molecular weight excluding hydrogens is 296 g/mol. The monoisotopic (exact) mass is 314 g/mol. The summed E-state index contributed by atoms with van der Waals surface area (Å²) in [4.78, 5) is 11.4. The Labute approximate surface area is 117 Å². The van der Waals surface area contributed by atoms with E-state index in [1.165, 1.54) is 0 Å². The highest BCUT2D eigenvalue weighted by atomic mass is 79.9. The maximum Gasteiger partial charge on any atom is 0.344 e. The average molecular weight is 315 g/mol. The van der Waals surface area contributed by atoms with Crippen LogP contribution in [0, 0.1) is 0 Å². The van der Waals surface area contributed by atoms with Crippen LogP contribution < -0.4 is 4.74 Å². The van der Waals surface area contributed by atoms with Crippen molar-refractivity contribution in [3.05, 3.63) is 28.2 Å². The van der Waals surface area contributed by atoms with Crippen LogP contribution in [0.2, 0.25) is 0 Å². The van der Waals surface area contributed by atoms with Crippen molar-refractivity contribution in [2.75, 3.05) is 6.61 Å². The standard InChI is InChI=1S/C14H19BrO3/c1-9(2)12-7-11(15)5-6-13(12)17-8-14(16)18-10(3)4/h5-7,9-10H,8H2,1-4H3. The highest BCUT2D eigenvalue weighted by Gasteiger charge is 2.11. The van der Waals surface area contributed by atoms with Crippen molar-refractivity contribution in [1.82, 2.24) is 0 Å². The van der Waals surface area contributed by atoms with Gasteiger partial charge in [-0.2, -0.15) is 0 Å². The lowest BCUT2D eigenvalue weighted by molar-refractivity contribution is -0.149. The van der Waals surface area contributed by atoms with E-state index in [4.69, 9.17) is 9.47 Å². The molecule has 3 nitrogen and oxygen atoms in total. The van der Waals surface area contributed by atoms with Crippen LogP contribution in [0.1, 0.15) is 39.2 Å². The normalized spacial score (nSPS) is 10.8. The van der Waals surface area contributed by atoms with Crippen LogP contribution in [0.4, 0.5) is 0 Å². The summed E-state index contributed by atoms with van der Waals surface area (Å²) < 4.78 is 11.5. The summed E-state index contributed by atoms with van der Waals surface area (Å²) in [6.45, 7) is 7.75. The molecule has 0 spiro atoms. The van der Waals surface area contributed by atoms with Gasteiger partial charge in [-0.05, 0) is 43.5 Å². The molecule has 1 aromatic carbocycles. The van der Waals surface area contributed by atoms with Crippen LogP contribution in [0.5, 0.6) is 5.75 Å². The predicted molar refractivity (Wildman–Crippen MR) is 75.0 cm³/mol. The number of hydrogen-bond acceptors (Lipinski definition) is 3. The summed E-state index contributed by atoms with van der Waals surface area (Å²) in [5, 5.41) is 0. The van der Waals surface area contributed by atoms with Crippen LogP contribution in [0.3, 0.4) is 0 Å². The summed E-state index contributed by atoms with van der Waals surface area (Å²) in [7, 11) is 0. The SMILES string of the molecule is CC(C)OC(=O)COc1ccc(Br)cc1C(C)C. The Morgan fingerprint density at radius 2 is 1.94 bits per heavy atom. The number of benzene rings is 1. The highest BCUT2D eigenvalue weighted by molar-refractivity contribution is 9.10. The molecular formula is C14H19BrO3. The Morgan fingerprint density at radius 1 is 1.28 bits per heavy atom. The molecule has 1 rings (SSSR count). The van der Waals surface area contributed by atoms with Crippen LogP contribution in [-0.4, -0.2) is 18.7 Å². The summed E-state index contributed by atoms with van der Waals surface area (Å²) in [6, 6.07) is 5.77. The molecule has 100 valence electrons. The van der Waals surface area contributed by atoms with Gasteiger partial charge in [0, 0.05) is 4.47 Å². The van der Waals surface area contributed by atoms with Gasteiger partial charge in [-0.15, -0.1) is 0 Å². The van der Waals surface area contributed by atoms with Crippen LogP contribution >= 0.6 is 15.9 Å². The zero-order valence-corrected chi connectivity index (χ0v) is 12.8. The minimum absolute atomic E-state index is 0.0560. The molecule has 0 aliphatic carbocycles. The Hall–Kier alpha value is -1.03. The van der Waals surface area contributed by atoms with Crippen molar-refractivity contribution in [1.29, 1.82) is 0 Å². The summed E-state index contributed by atoms with van der Waals surface area (Å²) >= 11 is 3.43. The molecule has 0 heterocycles. The minimum Gasteiger partial charge on any atom is -0.482 e. The van der Waals surface area contributed by atoms with E-state index in [9.17, 15) is 4.79 Å². The van der Waals surface area contributed by atoms with Crippen LogP contribution in [-0.2, 0) is 9.53 Å². The molecule has 0 N–H and O–H groups in total. The van der Waals surface area contributed by atoms with E-state index in [-0.39, 0.29) is 18.7 Å². The molecule has 0 bridgehead atoms. The zero-order chi connectivity index (χ0) is 13.7. The Balaban J connectivity index is 2.70. The minimum atomic E-state index is -0.345. The Kier molecular flexibility index (Phi) is 5.66. The fourth-order valence-corrected chi connectivity index (χ4v) is 1.91. The number of halogens is 1. The first-order valence-corrected chi connectivity index (χ1v) is 6.81. The molecule has 1 aromatic rings. The Bertz CT molecular complexity index is 414. The topological polar surface area (TPSA) is 35.5 Å². The summed E-state index contributed by atoms with van der Waals surface area (Å²) in [6.07, 6.45) is -0.115. The van der Waals surface area contributed by atoms with E-state index < -0.39 is 0 Å². The van der Waals surface area contributed by atoms with Gasteiger partial charge >= 0.3 is 5.97 Å². The lowest BCUT2D eigenvalue weighted by Gasteiger charge is -2.14. The molecule has 0 atom stereocenters. The van der Waals surface area contributed by atoms with Gasteiger partial charge in [-0.25, -0.2) is 4.79 Å². The molecule has 0 aromatic heterocycles. The third-order valence-electron chi connectivity index (χ3n) is 2.31. The second kappa shape index (κ2) is 6.78. The number of carbonyl (C=O) groups excluding carboxylic acids is 1. The predicted octanol–water partition coefficient (Wildman–Crippen LogP) is 3.90. The van der Waals surface area contributed by atoms with E-state index in [1.807, 2.05) is 32.0 Å². The first kappa shape index (κ1) is 15.0. The first-order valence-electron chi connectivity index (χ1n) is 6.02. The fourth-order valence-electron chi connectivity index (χ4n) is 1.54. The van der Waals surface area contributed by atoms with Crippen molar-refractivity contribution >= 4 is 21.9 Å². The van der Waals surface area contributed by atoms with E-state index in [0.29, 0.717) is 5.92 Å². The number of carbonyl (C=O) groups is 1. The zero-order valence-electron chi connectivity index (χ0n) is 11.2. The molecule has 4 heteroatoms. The van der Waals surface area contributed by atoms with Gasteiger partial charge in [-0.1, -0.05) is 29.8 Å². The summed E-state index contributed by atoms with van der Waals surface area (Å²) in [5.74, 6) is 0.718. The van der Waals surface area contributed by atoms with Gasteiger partial charge in [0.25, 0.3) is 0 Å². The molecule has 0 fully saturated rings. The van der Waals surface area contributed by atoms with Crippen molar-refractivity contribution in [3.8, 4) is 5.75 Å². The third kappa shape index (κ3) is 4.69. The first-order chi connectivity index (χ1) is 8.40. The molecule has 18 heavy (non-hydrogen) atoms. The number of esters is 1. The van der Waals surface area contributed by atoms with Crippen LogP contribution in [0.25, 0.3) is 0 Å². The number of rotatable bonds is 5. The molecule has 0 saturated carbocycles. The van der Waals surface area contributed by atoms with Crippen molar-refractivity contribution in [2.45, 2.75) is 39.7 Å². The number of hydrogen-bond donors (Lipinski definition) is 0. The van der Waals surface area contributed by atoms with Gasteiger partial charge < -0.3 is 9.47 Å². The third-order valence-corrected chi connectivity index (χ3v) is 2.80. The van der Waals surface area contributed by atoms with Crippen LogP contribution in [0.15, 0.2) is 22.7 Å². The second-order valence-electron chi connectivity index (χ2n) is 4.66. The molecule has 0 unspecified atom stereocenters. The van der Waals surface area contributed by atoms with E-state index in [1.54, 1.807) is 0 Å². The fraction of sp³-hybridized carbons (Fsp3) is 0.500. The molecule has 0 saturated heterocycles. The molecule has 0 radical (unpaired) electrons. The van der Waals surface area contributed by atoms with Crippen molar-refractivity contribution < 1.29 is 14.3 Å². The van der Waals surface area contributed by atoms with Gasteiger partial charge in [-0.3, -0.25) is 0 Å². The van der Waals surface area contributed by atoms with E-state index in [2.05, 4.69) is 29.8 Å². The van der Waals surface area contributed by atoms with Gasteiger partial charge in [0.05, 0.1) is 6.10 Å². The van der Waals surface area contributed by atoms with E-state index in [0.717, 1.165) is 15.8 Å². The molecule has 0 aliphatic heterocycles. The second-order valence-corrected chi connectivity index (χ2v) is 5.58. The largest absolute Gasteiger partial charge is 0.482 e. The molecule has 0 amide bonds. The number of ether oxygens (including phenoxy) is 2. The van der Waals surface area contributed by atoms with E-state index >= 15 is 0 Å².